The highest BCUT2D eigenvalue weighted by Gasteiger charge is 2.42. The average molecular weight is 222 g/mol. The summed E-state index contributed by atoms with van der Waals surface area (Å²) in [5.41, 5.74) is 0. The van der Waals surface area contributed by atoms with Crippen molar-refractivity contribution >= 4 is 29.3 Å². The molecule has 1 unspecified atom stereocenters. The fourth-order valence-electron chi connectivity index (χ4n) is 1.08. The number of amides is 1. The van der Waals surface area contributed by atoms with Crippen molar-refractivity contribution in [2.75, 3.05) is 18.7 Å². The zero-order valence-corrected chi connectivity index (χ0v) is 9.67. The van der Waals surface area contributed by atoms with Crippen LogP contribution in [0.5, 0.6) is 0 Å². The molecule has 0 aromatic rings. The molecule has 1 atom stereocenters. The van der Waals surface area contributed by atoms with Gasteiger partial charge in [-0.3, -0.25) is 4.79 Å². The van der Waals surface area contributed by atoms with Crippen LogP contribution in [0.1, 0.15) is 19.8 Å². The fraction of sp³-hybridized carbons (Fsp3) is 0.889. The van der Waals surface area contributed by atoms with Gasteiger partial charge in [0.25, 0.3) is 0 Å². The second kappa shape index (κ2) is 4.56. The minimum absolute atomic E-state index is 0.0701. The highest BCUT2D eigenvalue weighted by Crippen LogP contribution is 2.46. The summed E-state index contributed by atoms with van der Waals surface area (Å²) in [6.45, 7) is 2.65. The van der Waals surface area contributed by atoms with E-state index in [2.05, 4.69) is 11.6 Å². The number of carbonyl (C=O) groups is 1. The van der Waals surface area contributed by atoms with E-state index >= 15 is 0 Å². The van der Waals surface area contributed by atoms with Gasteiger partial charge in [-0.1, -0.05) is 6.92 Å². The SMILES string of the molecule is CSC1(CNC(=O)C(C)CCl)CC1. The largest absolute Gasteiger partial charge is 0.354 e. The molecule has 0 spiro atoms. The normalized spacial score (nSPS) is 20.8. The van der Waals surface area contributed by atoms with Gasteiger partial charge in [-0.05, 0) is 19.1 Å². The Morgan fingerprint density at radius 3 is 2.69 bits per heavy atom. The molecule has 0 aromatic carbocycles. The topological polar surface area (TPSA) is 29.1 Å². The van der Waals surface area contributed by atoms with Crippen LogP contribution in [0.4, 0.5) is 0 Å². The summed E-state index contributed by atoms with van der Waals surface area (Å²) in [5.74, 6) is 0.410. The van der Waals surface area contributed by atoms with Crippen LogP contribution in [0, 0.1) is 5.92 Å². The third-order valence-electron chi connectivity index (χ3n) is 2.50. The Bertz CT molecular complexity index is 194. The maximum absolute atomic E-state index is 11.4. The van der Waals surface area contributed by atoms with Crippen LogP contribution < -0.4 is 5.32 Å². The molecule has 13 heavy (non-hydrogen) atoms. The Labute approximate surface area is 88.8 Å². The van der Waals surface area contributed by atoms with E-state index in [9.17, 15) is 4.79 Å². The predicted molar refractivity (Wildman–Crippen MR) is 58.4 cm³/mol. The molecule has 0 aliphatic heterocycles. The standard InChI is InChI=1S/C9H16ClNOS/c1-7(5-10)8(12)11-6-9(13-2)3-4-9/h7H,3-6H2,1-2H3,(H,11,12). The third-order valence-corrected chi connectivity index (χ3v) is 4.39. The first-order chi connectivity index (χ1) is 6.13. The molecule has 1 aliphatic rings. The number of nitrogens with one attached hydrogen (secondary N) is 1. The summed E-state index contributed by atoms with van der Waals surface area (Å²) >= 11 is 7.43. The van der Waals surface area contributed by atoms with Crippen molar-refractivity contribution in [2.45, 2.75) is 24.5 Å². The Morgan fingerprint density at radius 2 is 2.31 bits per heavy atom. The molecule has 4 heteroatoms. The number of halogens is 1. The summed E-state index contributed by atoms with van der Waals surface area (Å²) < 4.78 is 0.349. The smallest absolute Gasteiger partial charge is 0.224 e. The second-order valence-corrected chi connectivity index (χ2v) is 5.24. The molecule has 0 aromatic heterocycles. The van der Waals surface area contributed by atoms with Crippen LogP contribution in [0.15, 0.2) is 0 Å². The average Bonchev–Trinajstić information content (AvgIpc) is 2.93. The molecule has 1 fully saturated rings. The van der Waals surface area contributed by atoms with E-state index in [1.54, 1.807) is 0 Å². The summed E-state index contributed by atoms with van der Waals surface area (Å²) in [7, 11) is 0. The maximum atomic E-state index is 11.4. The van der Waals surface area contributed by atoms with Crippen molar-refractivity contribution in [3.63, 3.8) is 0 Å². The summed E-state index contributed by atoms with van der Waals surface area (Å²) in [5, 5.41) is 2.94. The van der Waals surface area contributed by atoms with Crippen LogP contribution in [0.3, 0.4) is 0 Å². The van der Waals surface area contributed by atoms with E-state index in [0.717, 1.165) is 6.54 Å². The summed E-state index contributed by atoms with van der Waals surface area (Å²) in [6, 6.07) is 0. The fourth-order valence-corrected chi connectivity index (χ4v) is 1.95. The molecule has 0 heterocycles. The van der Waals surface area contributed by atoms with E-state index in [1.165, 1.54) is 12.8 Å². The molecule has 0 bridgehead atoms. The molecule has 0 radical (unpaired) electrons. The van der Waals surface area contributed by atoms with Crippen molar-refractivity contribution in [3.05, 3.63) is 0 Å². The van der Waals surface area contributed by atoms with Gasteiger partial charge < -0.3 is 5.32 Å². The minimum atomic E-state index is -0.0701. The highest BCUT2D eigenvalue weighted by molar-refractivity contribution is 8.00. The maximum Gasteiger partial charge on any atom is 0.224 e. The van der Waals surface area contributed by atoms with Gasteiger partial charge in [-0.25, -0.2) is 0 Å². The van der Waals surface area contributed by atoms with Gasteiger partial charge in [-0.15, -0.1) is 11.6 Å². The van der Waals surface area contributed by atoms with Crippen LogP contribution in [0.25, 0.3) is 0 Å². The number of hydrogen-bond donors (Lipinski definition) is 1. The second-order valence-electron chi connectivity index (χ2n) is 3.66. The lowest BCUT2D eigenvalue weighted by Crippen LogP contribution is -2.35. The zero-order valence-electron chi connectivity index (χ0n) is 8.10. The van der Waals surface area contributed by atoms with Gasteiger partial charge in [0.2, 0.25) is 5.91 Å². The van der Waals surface area contributed by atoms with Crippen molar-refractivity contribution in [2.24, 2.45) is 5.92 Å². The van der Waals surface area contributed by atoms with Gasteiger partial charge in [0.1, 0.15) is 0 Å². The van der Waals surface area contributed by atoms with E-state index in [4.69, 9.17) is 11.6 Å². The molecular weight excluding hydrogens is 206 g/mol. The number of thioether (sulfide) groups is 1. The molecule has 1 N–H and O–H groups in total. The number of hydrogen-bond acceptors (Lipinski definition) is 2. The number of carbonyl (C=O) groups excluding carboxylic acids is 1. The molecule has 1 saturated carbocycles. The quantitative estimate of drug-likeness (QED) is 0.719. The predicted octanol–water partition coefficient (Wildman–Crippen LogP) is 1.87. The molecule has 2 nitrogen and oxygen atoms in total. The van der Waals surface area contributed by atoms with Crippen LogP contribution in [-0.4, -0.2) is 29.3 Å². The van der Waals surface area contributed by atoms with E-state index in [0.29, 0.717) is 10.6 Å². The van der Waals surface area contributed by atoms with Crippen LogP contribution in [-0.2, 0) is 4.79 Å². The van der Waals surface area contributed by atoms with E-state index in [-0.39, 0.29) is 11.8 Å². The first kappa shape index (κ1) is 11.2. The number of alkyl halides is 1. The molecule has 1 rings (SSSR count). The molecule has 0 saturated heterocycles. The van der Waals surface area contributed by atoms with Crippen LogP contribution >= 0.6 is 23.4 Å². The lowest BCUT2D eigenvalue weighted by Gasteiger charge is -2.14. The lowest BCUT2D eigenvalue weighted by atomic mass is 10.2. The molecule has 76 valence electrons. The van der Waals surface area contributed by atoms with Crippen molar-refractivity contribution < 1.29 is 4.79 Å². The Hall–Kier alpha value is 0.110. The first-order valence-electron chi connectivity index (χ1n) is 4.52. The van der Waals surface area contributed by atoms with Crippen molar-refractivity contribution in [3.8, 4) is 0 Å². The van der Waals surface area contributed by atoms with Gasteiger partial charge >= 0.3 is 0 Å². The summed E-state index contributed by atoms with van der Waals surface area (Å²) in [6.07, 6.45) is 4.55. The van der Waals surface area contributed by atoms with Crippen LogP contribution in [0.2, 0.25) is 0 Å². The van der Waals surface area contributed by atoms with Crippen molar-refractivity contribution in [1.82, 2.24) is 5.32 Å². The zero-order chi connectivity index (χ0) is 9.90. The van der Waals surface area contributed by atoms with Gasteiger partial charge in [-0.2, -0.15) is 11.8 Å². The van der Waals surface area contributed by atoms with Gasteiger partial charge in [0.05, 0.1) is 0 Å². The minimum Gasteiger partial charge on any atom is -0.354 e. The van der Waals surface area contributed by atoms with E-state index in [1.807, 2.05) is 18.7 Å². The first-order valence-corrected chi connectivity index (χ1v) is 6.28. The molecule has 1 aliphatic carbocycles. The molecule has 1 amide bonds. The Kier molecular flexibility index (Phi) is 3.92. The Balaban J connectivity index is 2.22. The molecular formula is C9H16ClNOS. The highest BCUT2D eigenvalue weighted by atomic mass is 35.5. The number of rotatable bonds is 5. The summed E-state index contributed by atoms with van der Waals surface area (Å²) in [4.78, 5) is 11.4. The van der Waals surface area contributed by atoms with Crippen molar-refractivity contribution in [1.29, 1.82) is 0 Å². The van der Waals surface area contributed by atoms with E-state index < -0.39 is 0 Å². The monoisotopic (exact) mass is 221 g/mol. The lowest BCUT2D eigenvalue weighted by molar-refractivity contribution is -0.123. The van der Waals surface area contributed by atoms with Gasteiger partial charge in [0, 0.05) is 23.1 Å². The third kappa shape index (κ3) is 3.06. The van der Waals surface area contributed by atoms with Gasteiger partial charge in [0.15, 0.2) is 0 Å². The Morgan fingerprint density at radius 1 is 1.69 bits per heavy atom.